The molecule has 0 saturated heterocycles. The number of pyridine rings is 1. The van der Waals surface area contributed by atoms with Gasteiger partial charge in [-0.25, -0.2) is 4.39 Å². The highest BCUT2D eigenvalue weighted by atomic mass is 19.1. The summed E-state index contributed by atoms with van der Waals surface area (Å²) in [5.74, 6) is -0.216. The van der Waals surface area contributed by atoms with Gasteiger partial charge in [-0.2, -0.15) is 0 Å². The van der Waals surface area contributed by atoms with Gasteiger partial charge in [0.15, 0.2) is 0 Å². The minimum atomic E-state index is -0.216. The largest absolute Gasteiger partial charge is 0.377 e. The van der Waals surface area contributed by atoms with Crippen molar-refractivity contribution in [2.24, 2.45) is 7.05 Å². The third kappa shape index (κ3) is 3.02. The van der Waals surface area contributed by atoms with Crippen molar-refractivity contribution in [3.05, 3.63) is 64.3 Å². The Hall–Kier alpha value is -2.10. The molecule has 0 aliphatic carbocycles. The average Bonchev–Trinajstić information content (AvgIpc) is 2.41. The first-order valence-corrected chi connectivity index (χ1v) is 6.29. The van der Waals surface area contributed by atoms with Crippen LogP contribution in [0.15, 0.2) is 47.4 Å². The molecule has 0 amide bonds. The van der Waals surface area contributed by atoms with E-state index in [1.165, 1.54) is 16.7 Å². The van der Waals surface area contributed by atoms with Crippen LogP contribution < -0.4 is 10.9 Å². The Morgan fingerprint density at radius 1 is 1.26 bits per heavy atom. The standard InChI is InChI=1S/C15H17FN2O/c1-3-14(12-6-4-5-7-13(12)16)17-11-8-9-15(19)18(2)10-11/h4-10,14,17H,3H2,1-2H3. The fourth-order valence-electron chi connectivity index (χ4n) is 2.04. The van der Waals surface area contributed by atoms with Crippen LogP contribution in [0.3, 0.4) is 0 Å². The maximum atomic E-state index is 13.8. The number of anilines is 1. The molecular formula is C15H17FN2O. The smallest absolute Gasteiger partial charge is 0.250 e. The fourth-order valence-corrected chi connectivity index (χ4v) is 2.04. The zero-order valence-electron chi connectivity index (χ0n) is 11.1. The van der Waals surface area contributed by atoms with Crippen LogP contribution in [0.1, 0.15) is 24.9 Å². The van der Waals surface area contributed by atoms with Gasteiger partial charge in [0.25, 0.3) is 0 Å². The molecule has 1 aromatic heterocycles. The molecule has 0 saturated carbocycles. The second-order valence-electron chi connectivity index (χ2n) is 4.49. The van der Waals surface area contributed by atoms with Crippen molar-refractivity contribution in [1.29, 1.82) is 0 Å². The summed E-state index contributed by atoms with van der Waals surface area (Å²) in [6, 6.07) is 9.83. The van der Waals surface area contributed by atoms with E-state index in [0.717, 1.165) is 12.1 Å². The van der Waals surface area contributed by atoms with E-state index in [1.54, 1.807) is 31.4 Å². The molecule has 1 unspecified atom stereocenters. The van der Waals surface area contributed by atoms with Crippen molar-refractivity contribution >= 4 is 5.69 Å². The van der Waals surface area contributed by atoms with Crippen LogP contribution in [-0.2, 0) is 7.05 Å². The summed E-state index contributed by atoms with van der Waals surface area (Å²) in [5, 5.41) is 3.25. The highest BCUT2D eigenvalue weighted by Crippen LogP contribution is 2.24. The second-order valence-corrected chi connectivity index (χ2v) is 4.49. The molecule has 0 aliphatic rings. The van der Waals surface area contributed by atoms with Gasteiger partial charge >= 0.3 is 0 Å². The number of aromatic nitrogens is 1. The minimum Gasteiger partial charge on any atom is -0.377 e. The lowest BCUT2D eigenvalue weighted by Crippen LogP contribution is -2.17. The number of halogens is 1. The summed E-state index contributed by atoms with van der Waals surface area (Å²) < 4.78 is 15.3. The normalized spacial score (nSPS) is 12.2. The van der Waals surface area contributed by atoms with E-state index in [4.69, 9.17) is 0 Å². The van der Waals surface area contributed by atoms with Gasteiger partial charge in [-0.3, -0.25) is 4.79 Å². The number of hydrogen-bond donors (Lipinski definition) is 1. The second kappa shape index (κ2) is 5.69. The molecule has 0 spiro atoms. The summed E-state index contributed by atoms with van der Waals surface area (Å²) in [4.78, 5) is 11.3. The van der Waals surface area contributed by atoms with Crippen molar-refractivity contribution in [3.8, 4) is 0 Å². The molecule has 2 aromatic rings. The minimum absolute atomic E-state index is 0.0653. The quantitative estimate of drug-likeness (QED) is 0.916. The van der Waals surface area contributed by atoms with E-state index in [-0.39, 0.29) is 17.4 Å². The van der Waals surface area contributed by atoms with Crippen LogP contribution in [0.2, 0.25) is 0 Å². The molecule has 0 radical (unpaired) electrons. The van der Waals surface area contributed by atoms with Gasteiger partial charge in [0, 0.05) is 24.9 Å². The molecule has 4 heteroatoms. The third-order valence-electron chi connectivity index (χ3n) is 3.12. The molecule has 0 fully saturated rings. The predicted octanol–water partition coefficient (Wildman–Crippen LogP) is 3.09. The molecule has 2 rings (SSSR count). The number of hydrogen-bond acceptors (Lipinski definition) is 2. The van der Waals surface area contributed by atoms with E-state index in [0.29, 0.717) is 5.56 Å². The Kier molecular flexibility index (Phi) is 4.00. The van der Waals surface area contributed by atoms with Crippen LogP contribution in [0.4, 0.5) is 10.1 Å². The van der Waals surface area contributed by atoms with E-state index in [9.17, 15) is 9.18 Å². The van der Waals surface area contributed by atoms with Crippen molar-refractivity contribution in [2.45, 2.75) is 19.4 Å². The van der Waals surface area contributed by atoms with Gasteiger partial charge in [0.1, 0.15) is 5.82 Å². The van der Waals surface area contributed by atoms with Crippen molar-refractivity contribution in [1.82, 2.24) is 4.57 Å². The Bertz CT molecular complexity index is 622. The monoisotopic (exact) mass is 260 g/mol. The number of benzene rings is 1. The molecule has 19 heavy (non-hydrogen) atoms. The molecular weight excluding hydrogens is 243 g/mol. The summed E-state index contributed by atoms with van der Waals surface area (Å²) >= 11 is 0. The molecule has 1 N–H and O–H groups in total. The zero-order valence-corrected chi connectivity index (χ0v) is 11.1. The number of nitrogens with zero attached hydrogens (tertiary/aromatic N) is 1. The lowest BCUT2D eigenvalue weighted by Gasteiger charge is -2.19. The molecule has 0 aliphatic heterocycles. The van der Waals surface area contributed by atoms with Gasteiger partial charge in [-0.15, -0.1) is 0 Å². The van der Waals surface area contributed by atoms with E-state index < -0.39 is 0 Å². The first-order valence-electron chi connectivity index (χ1n) is 6.29. The highest BCUT2D eigenvalue weighted by Gasteiger charge is 2.13. The van der Waals surface area contributed by atoms with E-state index in [1.807, 2.05) is 13.0 Å². The Morgan fingerprint density at radius 3 is 2.63 bits per heavy atom. The summed E-state index contributed by atoms with van der Waals surface area (Å²) in [6.45, 7) is 1.99. The van der Waals surface area contributed by atoms with Gasteiger partial charge in [0.2, 0.25) is 5.56 Å². The zero-order chi connectivity index (χ0) is 13.8. The summed E-state index contributed by atoms with van der Waals surface area (Å²) in [5.41, 5.74) is 1.38. The number of aryl methyl sites for hydroxylation is 1. The predicted molar refractivity (Wildman–Crippen MR) is 74.7 cm³/mol. The SMILES string of the molecule is CCC(Nc1ccc(=O)n(C)c1)c1ccccc1F. The molecule has 1 aromatic carbocycles. The maximum Gasteiger partial charge on any atom is 0.250 e. The topological polar surface area (TPSA) is 34.0 Å². The average molecular weight is 260 g/mol. The lowest BCUT2D eigenvalue weighted by atomic mass is 10.0. The van der Waals surface area contributed by atoms with Crippen molar-refractivity contribution < 1.29 is 4.39 Å². The van der Waals surface area contributed by atoms with Gasteiger partial charge in [-0.1, -0.05) is 25.1 Å². The summed E-state index contributed by atoms with van der Waals surface area (Å²) in [6.07, 6.45) is 2.47. The first-order chi connectivity index (χ1) is 9.11. The van der Waals surface area contributed by atoms with Gasteiger partial charge in [0.05, 0.1) is 11.7 Å². The molecule has 100 valence electrons. The molecule has 1 atom stereocenters. The maximum absolute atomic E-state index is 13.8. The van der Waals surface area contributed by atoms with E-state index in [2.05, 4.69) is 5.32 Å². The lowest BCUT2D eigenvalue weighted by molar-refractivity contribution is 0.587. The first kappa shape index (κ1) is 13.3. The highest BCUT2D eigenvalue weighted by molar-refractivity contribution is 5.43. The van der Waals surface area contributed by atoms with E-state index >= 15 is 0 Å². The number of rotatable bonds is 4. The Labute approximate surface area is 111 Å². The van der Waals surface area contributed by atoms with Crippen LogP contribution in [0, 0.1) is 5.82 Å². The fraction of sp³-hybridized carbons (Fsp3) is 0.267. The van der Waals surface area contributed by atoms with Gasteiger partial charge < -0.3 is 9.88 Å². The molecule has 3 nitrogen and oxygen atoms in total. The molecule has 0 bridgehead atoms. The summed E-state index contributed by atoms with van der Waals surface area (Å²) in [7, 11) is 1.69. The third-order valence-corrected chi connectivity index (χ3v) is 3.12. The van der Waals surface area contributed by atoms with Crippen molar-refractivity contribution in [3.63, 3.8) is 0 Å². The van der Waals surface area contributed by atoms with Crippen LogP contribution in [-0.4, -0.2) is 4.57 Å². The Morgan fingerprint density at radius 2 is 2.00 bits per heavy atom. The van der Waals surface area contributed by atoms with Crippen molar-refractivity contribution in [2.75, 3.05) is 5.32 Å². The van der Waals surface area contributed by atoms with Crippen LogP contribution >= 0.6 is 0 Å². The Balaban J connectivity index is 2.26. The van der Waals surface area contributed by atoms with Crippen LogP contribution in [0.25, 0.3) is 0 Å². The number of nitrogens with one attached hydrogen (secondary N) is 1. The van der Waals surface area contributed by atoms with Crippen LogP contribution in [0.5, 0.6) is 0 Å². The molecule has 1 heterocycles. The van der Waals surface area contributed by atoms with Gasteiger partial charge in [-0.05, 0) is 18.6 Å².